The molecule has 0 unspecified atom stereocenters. The van der Waals surface area contributed by atoms with Crippen LogP contribution in [0.2, 0.25) is 0 Å². The van der Waals surface area contributed by atoms with E-state index in [-0.39, 0.29) is 12.5 Å². The van der Waals surface area contributed by atoms with Crippen molar-refractivity contribution in [2.75, 3.05) is 13.7 Å². The second-order valence-corrected chi connectivity index (χ2v) is 7.03. The fraction of sp³-hybridized carbons (Fsp3) is 0.476. The molecule has 1 aliphatic rings. The third kappa shape index (κ3) is 4.52. The number of allylic oxidation sites excluding steroid dienone is 1. The zero-order chi connectivity index (χ0) is 20.0. The van der Waals surface area contributed by atoms with Crippen LogP contribution in [0.4, 0.5) is 0 Å². The van der Waals surface area contributed by atoms with Gasteiger partial charge in [-0.25, -0.2) is 0 Å². The Morgan fingerprint density at radius 3 is 2.71 bits per heavy atom. The molecule has 7 nitrogen and oxygen atoms in total. The van der Waals surface area contributed by atoms with Gasteiger partial charge in [-0.15, -0.1) is 0 Å². The Balaban J connectivity index is 1.69. The van der Waals surface area contributed by atoms with Gasteiger partial charge in [0.15, 0.2) is 23.9 Å². The smallest absolute Gasteiger partial charge is 0.258 e. The second kappa shape index (κ2) is 8.91. The lowest BCUT2D eigenvalue weighted by Gasteiger charge is -2.35. The molecule has 0 spiro atoms. The van der Waals surface area contributed by atoms with E-state index in [0.29, 0.717) is 23.2 Å². The van der Waals surface area contributed by atoms with E-state index in [4.69, 9.17) is 14.0 Å². The van der Waals surface area contributed by atoms with Gasteiger partial charge in [0.2, 0.25) is 5.89 Å². The molecule has 1 aliphatic carbocycles. The molecule has 0 atom stereocenters. The molecule has 1 N–H and O–H groups in total. The number of rotatable bonds is 7. The number of hydrogen-bond donors (Lipinski definition) is 1. The van der Waals surface area contributed by atoms with E-state index in [2.05, 4.69) is 15.5 Å². The highest BCUT2D eigenvalue weighted by molar-refractivity contribution is 5.78. The molecule has 1 fully saturated rings. The summed E-state index contributed by atoms with van der Waals surface area (Å²) in [7, 11) is 1.58. The summed E-state index contributed by atoms with van der Waals surface area (Å²) in [4.78, 5) is 17.0. The third-order valence-corrected chi connectivity index (χ3v) is 4.95. The van der Waals surface area contributed by atoms with Gasteiger partial charge in [-0.05, 0) is 37.5 Å². The monoisotopic (exact) mass is 385 g/mol. The minimum atomic E-state index is -0.587. The minimum absolute atomic E-state index is 0.113. The number of carbonyl (C=O) groups is 1. The molecule has 3 rings (SSSR count). The molecular weight excluding hydrogens is 358 g/mol. The molecule has 150 valence electrons. The second-order valence-electron chi connectivity index (χ2n) is 7.03. The van der Waals surface area contributed by atoms with Crippen molar-refractivity contribution in [1.82, 2.24) is 15.5 Å². The standard InChI is InChI=1S/C21H27N3O4/c1-4-8-16-9-10-17(18(13-16)26-3)27-14-19(25)23-21(11-6-5-7-12-21)20-22-15(2)28-24-20/h4,8-10,13H,5-7,11-12,14H2,1-3H3,(H,23,25)/b8-4+. The quantitative estimate of drug-likeness (QED) is 0.781. The van der Waals surface area contributed by atoms with Crippen LogP contribution in [0.25, 0.3) is 6.08 Å². The average molecular weight is 385 g/mol. The highest BCUT2D eigenvalue weighted by Gasteiger charge is 2.39. The number of aromatic nitrogens is 2. The van der Waals surface area contributed by atoms with Gasteiger partial charge in [0, 0.05) is 6.92 Å². The predicted octanol–water partition coefficient (Wildman–Crippen LogP) is 3.77. The first-order valence-electron chi connectivity index (χ1n) is 9.61. The zero-order valence-corrected chi connectivity index (χ0v) is 16.7. The molecule has 1 aromatic carbocycles. The number of benzene rings is 1. The molecule has 0 saturated heterocycles. The molecule has 1 amide bonds. The Bertz CT molecular complexity index is 838. The Labute approximate surface area is 165 Å². The van der Waals surface area contributed by atoms with Gasteiger partial charge in [0.25, 0.3) is 5.91 Å². The third-order valence-electron chi connectivity index (χ3n) is 4.95. The van der Waals surface area contributed by atoms with Crippen molar-refractivity contribution in [2.24, 2.45) is 0 Å². The van der Waals surface area contributed by atoms with Crippen molar-refractivity contribution in [3.05, 3.63) is 41.6 Å². The first-order chi connectivity index (χ1) is 13.6. The van der Waals surface area contributed by atoms with E-state index >= 15 is 0 Å². The lowest BCUT2D eigenvalue weighted by Crippen LogP contribution is -2.49. The summed E-state index contributed by atoms with van der Waals surface area (Å²) in [6.45, 7) is 3.59. The van der Waals surface area contributed by atoms with E-state index in [1.807, 2.05) is 31.2 Å². The maximum absolute atomic E-state index is 12.7. The molecule has 2 aromatic rings. The SMILES string of the molecule is C/C=C/c1ccc(OCC(=O)NC2(c3noc(C)n3)CCCCC2)c(OC)c1. The van der Waals surface area contributed by atoms with E-state index < -0.39 is 5.54 Å². The van der Waals surface area contributed by atoms with Crippen molar-refractivity contribution in [3.63, 3.8) is 0 Å². The number of aryl methyl sites for hydroxylation is 1. The van der Waals surface area contributed by atoms with Crippen LogP contribution >= 0.6 is 0 Å². The van der Waals surface area contributed by atoms with Gasteiger partial charge < -0.3 is 19.3 Å². The number of hydrogen-bond acceptors (Lipinski definition) is 6. The van der Waals surface area contributed by atoms with Crippen LogP contribution < -0.4 is 14.8 Å². The molecule has 0 radical (unpaired) electrons. The van der Waals surface area contributed by atoms with Crippen molar-refractivity contribution in [3.8, 4) is 11.5 Å². The molecule has 1 heterocycles. The van der Waals surface area contributed by atoms with Gasteiger partial charge in [0.1, 0.15) is 5.54 Å². The molecule has 1 saturated carbocycles. The van der Waals surface area contributed by atoms with E-state index in [1.165, 1.54) is 0 Å². The van der Waals surface area contributed by atoms with Gasteiger partial charge in [-0.3, -0.25) is 4.79 Å². The lowest BCUT2D eigenvalue weighted by molar-refractivity contribution is -0.125. The summed E-state index contributed by atoms with van der Waals surface area (Å²) in [5, 5.41) is 7.17. The molecule has 28 heavy (non-hydrogen) atoms. The first-order valence-corrected chi connectivity index (χ1v) is 9.61. The Kier molecular flexibility index (Phi) is 6.34. The topological polar surface area (TPSA) is 86.5 Å². The fourth-order valence-corrected chi connectivity index (χ4v) is 3.60. The summed E-state index contributed by atoms with van der Waals surface area (Å²) in [6, 6.07) is 5.60. The van der Waals surface area contributed by atoms with Crippen molar-refractivity contribution < 1.29 is 18.8 Å². The van der Waals surface area contributed by atoms with Crippen LogP contribution in [0.15, 0.2) is 28.8 Å². The van der Waals surface area contributed by atoms with Gasteiger partial charge in [0.05, 0.1) is 7.11 Å². The van der Waals surface area contributed by atoms with Crippen LogP contribution in [0.1, 0.15) is 56.3 Å². The first kappa shape index (κ1) is 19.9. The normalized spacial score (nSPS) is 16.1. The van der Waals surface area contributed by atoms with Crippen LogP contribution in [-0.4, -0.2) is 29.8 Å². The summed E-state index contributed by atoms with van der Waals surface area (Å²) in [5.41, 5.74) is 0.417. The zero-order valence-electron chi connectivity index (χ0n) is 16.7. The van der Waals surface area contributed by atoms with Crippen LogP contribution in [0.5, 0.6) is 11.5 Å². The van der Waals surface area contributed by atoms with Crippen LogP contribution in [0.3, 0.4) is 0 Å². The van der Waals surface area contributed by atoms with Gasteiger partial charge in [-0.2, -0.15) is 4.98 Å². The van der Waals surface area contributed by atoms with E-state index in [1.54, 1.807) is 20.1 Å². The maximum atomic E-state index is 12.7. The Morgan fingerprint density at radius 2 is 2.07 bits per heavy atom. The Morgan fingerprint density at radius 1 is 1.29 bits per heavy atom. The van der Waals surface area contributed by atoms with Crippen LogP contribution in [0, 0.1) is 6.92 Å². The fourth-order valence-electron chi connectivity index (χ4n) is 3.60. The highest BCUT2D eigenvalue weighted by Crippen LogP contribution is 2.35. The Hall–Kier alpha value is -2.83. The number of methoxy groups -OCH3 is 1. The molecule has 0 aliphatic heterocycles. The van der Waals surface area contributed by atoms with Gasteiger partial charge in [-0.1, -0.05) is 42.6 Å². The predicted molar refractivity (Wildman–Crippen MR) is 105 cm³/mol. The van der Waals surface area contributed by atoms with Crippen LogP contribution in [-0.2, 0) is 10.3 Å². The number of nitrogens with zero attached hydrogens (tertiary/aromatic N) is 2. The van der Waals surface area contributed by atoms with Gasteiger partial charge >= 0.3 is 0 Å². The minimum Gasteiger partial charge on any atom is -0.493 e. The summed E-state index contributed by atoms with van der Waals surface area (Å²) in [5.74, 6) is 1.94. The highest BCUT2D eigenvalue weighted by atomic mass is 16.5. The van der Waals surface area contributed by atoms with E-state index in [9.17, 15) is 4.79 Å². The number of ether oxygens (including phenoxy) is 2. The molecule has 0 bridgehead atoms. The van der Waals surface area contributed by atoms with Crippen molar-refractivity contribution >= 4 is 12.0 Å². The molecule has 7 heteroatoms. The summed E-state index contributed by atoms with van der Waals surface area (Å²) < 4.78 is 16.3. The molecule has 1 aromatic heterocycles. The van der Waals surface area contributed by atoms with Crippen molar-refractivity contribution in [1.29, 1.82) is 0 Å². The largest absolute Gasteiger partial charge is 0.493 e. The lowest BCUT2D eigenvalue weighted by atomic mass is 9.81. The number of carbonyl (C=O) groups excluding carboxylic acids is 1. The summed E-state index contributed by atoms with van der Waals surface area (Å²) >= 11 is 0. The average Bonchev–Trinajstić information content (AvgIpc) is 3.15. The van der Waals surface area contributed by atoms with E-state index in [0.717, 1.165) is 37.7 Å². The maximum Gasteiger partial charge on any atom is 0.258 e. The number of nitrogens with one attached hydrogen (secondary N) is 1. The van der Waals surface area contributed by atoms with Crippen molar-refractivity contribution in [2.45, 2.75) is 51.5 Å². The summed E-state index contributed by atoms with van der Waals surface area (Å²) in [6.07, 6.45) is 8.66. The molecular formula is C21H27N3O4. The number of amides is 1.